The highest BCUT2D eigenvalue weighted by molar-refractivity contribution is 5.87. The number of phenols is 1. The molecule has 0 bridgehead atoms. The lowest BCUT2D eigenvalue weighted by atomic mass is 10.1. The number of methoxy groups -OCH3 is 1. The molecular formula is C22H32N6O3. The fourth-order valence-electron chi connectivity index (χ4n) is 3.46. The molecule has 0 aliphatic heterocycles. The lowest BCUT2D eigenvalue weighted by molar-refractivity contribution is 0.202. The molecule has 0 saturated heterocycles. The Morgan fingerprint density at radius 2 is 1.97 bits per heavy atom. The van der Waals surface area contributed by atoms with Gasteiger partial charge in [0.2, 0.25) is 5.62 Å². The minimum atomic E-state index is -0.572. The second kappa shape index (κ2) is 9.38. The molecule has 0 fully saturated rings. The second-order valence-corrected chi connectivity index (χ2v) is 8.22. The van der Waals surface area contributed by atoms with Crippen LogP contribution in [-0.2, 0) is 6.54 Å². The number of H-pyrrole nitrogens is 1. The van der Waals surface area contributed by atoms with Gasteiger partial charge in [0.05, 0.1) is 31.0 Å². The molecule has 0 radical (unpaired) electrons. The third-order valence-electron chi connectivity index (χ3n) is 5.00. The summed E-state index contributed by atoms with van der Waals surface area (Å²) in [6, 6.07) is 5.45. The summed E-state index contributed by atoms with van der Waals surface area (Å²) in [5.74, 6) is 1.28. The first kappa shape index (κ1) is 22.6. The van der Waals surface area contributed by atoms with Crippen LogP contribution in [0.1, 0.15) is 57.8 Å². The predicted molar refractivity (Wildman–Crippen MR) is 120 cm³/mol. The normalized spacial score (nSPS) is 13.4. The summed E-state index contributed by atoms with van der Waals surface area (Å²) in [5, 5.41) is 31.2. The Morgan fingerprint density at radius 1 is 1.23 bits per heavy atom. The van der Waals surface area contributed by atoms with Gasteiger partial charge in [-0.2, -0.15) is 10.1 Å². The van der Waals surface area contributed by atoms with E-state index in [9.17, 15) is 10.2 Å². The number of anilines is 1. The Morgan fingerprint density at radius 3 is 2.58 bits per heavy atom. The summed E-state index contributed by atoms with van der Waals surface area (Å²) < 4.78 is 7.25. The first-order chi connectivity index (χ1) is 14.7. The minimum Gasteiger partial charge on any atom is -0.504 e. The number of aliphatic hydroxyl groups is 1. The number of ether oxygens (including phenoxy) is 1. The van der Waals surface area contributed by atoms with Gasteiger partial charge in [-0.05, 0) is 32.8 Å². The average molecular weight is 429 g/mol. The van der Waals surface area contributed by atoms with Crippen LogP contribution in [0.4, 0.5) is 5.82 Å². The molecule has 0 amide bonds. The molecule has 0 saturated carbocycles. The van der Waals surface area contributed by atoms with Crippen LogP contribution in [0.2, 0.25) is 0 Å². The fourth-order valence-corrected chi connectivity index (χ4v) is 3.46. The highest BCUT2D eigenvalue weighted by Gasteiger charge is 2.20. The number of rotatable bonds is 8. The topological polar surface area (TPSA) is 121 Å². The molecule has 3 aromatic rings. The van der Waals surface area contributed by atoms with Crippen LogP contribution in [0.5, 0.6) is 11.5 Å². The highest BCUT2D eigenvalue weighted by Crippen LogP contribution is 2.31. The van der Waals surface area contributed by atoms with Crippen molar-refractivity contribution < 1.29 is 14.9 Å². The number of aromatic amines is 1. The quantitative estimate of drug-likeness (QED) is 0.438. The summed E-state index contributed by atoms with van der Waals surface area (Å²) in [6.45, 7) is 10.6. The molecule has 0 aliphatic carbocycles. The van der Waals surface area contributed by atoms with Gasteiger partial charge in [0, 0.05) is 18.2 Å². The molecule has 1 atom stereocenters. The Balaban J connectivity index is 2.15. The van der Waals surface area contributed by atoms with Crippen LogP contribution in [0.3, 0.4) is 0 Å². The number of aromatic nitrogens is 4. The maximum Gasteiger partial charge on any atom is 0.227 e. The Kier molecular flexibility index (Phi) is 6.84. The molecule has 0 aliphatic rings. The Bertz CT molecular complexity index is 1110. The zero-order valence-corrected chi connectivity index (χ0v) is 19.0. The van der Waals surface area contributed by atoms with Gasteiger partial charge in [0.1, 0.15) is 0 Å². The first-order valence-corrected chi connectivity index (χ1v) is 10.5. The average Bonchev–Trinajstić information content (AvgIpc) is 3.16. The van der Waals surface area contributed by atoms with E-state index in [1.54, 1.807) is 13.0 Å². The molecule has 168 valence electrons. The van der Waals surface area contributed by atoms with Crippen LogP contribution >= 0.6 is 0 Å². The van der Waals surface area contributed by atoms with Gasteiger partial charge in [-0.3, -0.25) is 5.10 Å². The number of aliphatic hydroxyl groups excluding tert-OH is 1. The van der Waals surface area contributed by atoms with Crippen molar-refractivity contribution in [3.63, 3.8) is 0 Å². The third-order valence-corrected chi connectivity index (χ3v) is 5.00. The number of benzene rings is 1. The van der Waals surface area contributed by atoms with Crippen LogP contribution in [0, 0.1) is 0 Å². The van der Waals surface area contributed by atoms with Gasteiger partial charge in [-0.1, -0.05) is 26.0 Å². The largest absolute Gasteiger partial charge is 0.504 e. The van der Waals surface area contributed by atoms with E-state index in [-0.39, 0.29) is 24.3 Å². The van der Waals surface area contributed by atoms with Crippen molar-refractivity contribution in [3.8, 4) is 11.5 Å². The van der Waals surface area contributed by atoms with E-state index >= 15 is 0 Å². The zero-order chi connectivity index (χ0) is 22.7. The van der Waals surface area contributed by atoms with E-state index in [0.29, 0.717) is 34.8 Å². The maximum atomic E-state index is 10.4. The monoisotopic (exact) mass is 428 g/mol. The number of hydrogen-bond acceptors (Lipinski definition) is 7. The molecule has 0 spiro atoms. The minimum absolute atomic E-state index is 0.0887. The standard InChI is InChI=1S/C22H32N6O3/c1-12(2)17-19-18(27-26-17)21(23-11-15-8-7-9-16(31-6)20(15)30)25-22(24-10-14(5)29)28(19)13(3)4/h7-9,12-14,29-30H,10-11H2,1-6H3,(H,26,27)(H,23,24,25). The highest BCUT2D eigenvalue weighted by atomic mass is 16.5. The number of nitrogens with one attached hydrogen (secondary N) is 2. The molecule has 2 aromatic heterocycles. The van der Waals surface area contributed by atoms with Crippen LogP contribution in [-0.4, -0.2) is 49.7 Å². The van der Waals surface area contributed by atoms with Crippen molar-refractivity contribution in [2.45, 2.75) is 59.2 Å². The molecule has 4 N–H and O–H groups in total. The Hall–Kier alpha value is -3.07. The third kappa shape index (κ3) is 4.66. The van der Waals surface area contributed by atoms with Crippen molar-refractivity contribution in [2.75, 3.05) is 19.0 Å². The van der Waals surface area contributed by atoms with Crippen molar-refractivity contribution in [1.82, 2.24) is 19.7 Å². The number of para-hydroxylation sites is 1. The van der Waals surface area contributed by atoms with Gasteiger partial charge < -0.3 is 24.8 Å². The molecule has 9 nitrogen and oxygen atoms in total. The van der Waals surface area contributed by atoms with Crippen molar-refractivity contribution in [1.29, 1.82) is 0 Å². The summed E-state index contributed by atoms with van der Waals surface area (Å²) in [4.78, 5) is 9.30. The number of nitrogens with zero attached hydrogens (tertiary/aromatic N) is 4. The van der Waals surface area contributed by atoms with Crippen LogP contribution < -0.4 is 15.7 Å². The molecule has 9 heteroatoms. The van der Waals surface area contributed by atoms with Crippen LogP contribution in [0.15, 0.2) is 23.2 Å². The summed E-state index contributed by atoms with van der Waals surface area (Å²) >= 11 is 0. The van der Waals surface area contributed by atoms with Gasteiger partial charge in [-0.15, -0.1) is 0 Å². The predicted octanol–water partition coefficient (Wildman–Crippen LogP) is 3.07. The Labute approximate surface area is 181 Å². The van der Waals surface area contributed by atoms with Gasteiger partial charge in [0.25, 0.3) is 0 Å². The molecular weight excluding hydrogens is 396 g/mol. The lowest BCUT2D eigenvalue weighted by Crippen LogP contribution is -2.29. The summed E-state index contributed by atoms with van der Waals surface area (Å²) in [5.41, 5.74) is 3.82. The van der Waals surface area contributed by atoms with Crippen molar-refractivity contribution >= 4 is 16.9 Å². The molecule has 1 aromatic carbocycles. The van der Waals surface area contributed by atoms with Crippen molar-refractivity contribution in [2.24, 2.45) is 4.99 Å². The van der Waals surface area contributed by atoms with E-state index in [1.807, 2.05) is 16.7 Å². The zero-order valence-electron chi connectivity index (χ0n) is 19.0. The lowest BCUT2D eigenvalue weighted by Gasteiger charge is -2.17. The van der Waals surface area contributed by atoms with E-state index in [4.69, 9.17) is 9.72 Å². The van der Waals surface area contributed by atoms with Crippen LogP contribution in [0.25, 0.3) is 11.0 Å². The smallest absolute Gasteiger partial charge is 0.227 e. The second-order valence-electron chi connectivity index (χ2n) is 8.22. The number of phenolic OH excluding ortho intramolecular Hbond substituents is 1. The van der Waals surface area contributed by atoms with E-state index in [0.717, 1.165) is 11.2 Å². The number of fused-ring (bicyclic) bond motifs is 1. The maximum absolute atomic E-state index is 10.4. The summed E-state index contributed by atoms with van der Waals surface area (Å²) in [6.07, 6.45) is -0.572. The summed E-state index contributed by atoms with van der Waals surface area (Å²) in [7, 11) is 1.52. The van der Waals surface area contributed by atoms with E-state index < -0.39 is 6.10 Å². The van der Waals surface area contributed by atoms with Gasteiger partial charge >= 0.3 is 0 Å². The SMILES string of the molecule is COc1cccc(CNc2nc(=NCC(C)O)n(C(C)C)c3c(C(C)C)[nH]nc23)c1O. The van der Waals surface area contributed by atoms with Crippen molar-refractivity contribution in [3.05, 3.63) is 35.1 Å². The van der Waals surface area contributed by atoms with Gasteiger partial charge in [0.15, 0.2) is 22.8 Å². The van der Waals surface area contributed by atoms with Gasteiger partial charge in [-0.25, -0.2) is 4.99 Å². The fraction of sp³-hybridized carbons (Fsp3) is 0.500. The molecule has 31 heavy (non-hydrogen) atoms. The molecule has 2 heterocycles. The first-order valence-electron chi connectivity index (χ1n) is 10.5. The molecule has 3 rings (SSSR count). The molecule has 1 unspecified atom stereocenters. The van der Waals surface area contributed by atoms with E-state index in [2.05, 4.69) is 48.2 Å². The number of aromatic hydroxyl groups is 1. The van der Waals surface area contributed by atoms with E-state index in [1.165, 1.54) is 7.11 Å². The number of hydrogen-bond donors (Lipinski definition) is 4.